The number of amides is 1. The van der Waals surface area contributed by atoms with Crippen LogP contribution in [0.5, 0.6) is 0 Å². The lowest BCUT2D eigenvalue weighted by atomic mass is 10.3. The summed E-state index contributed by atoms with van der Waals surface area (Å²) in [4.78, 5) is 23.0. The van der Waals surface area contributed by atoms with Crippen LogP contribution in [0.2, 0.25) is 0 Å². The fraction of sp³-hybridized carbons (Fsp3) is 0.714. The topological polar surface area (TPSA) is 83.6 Å². The number of carboxylic acids is 1. The second-order valence-corrected chi connectivity index (χ2v) is 2.94. The fourth-order valence-electron chi connectivity index (χ4n) is 1.24. The Kier molecular flexibility index (Phi) is 2.32. The Morgan fingerprint density at radius 2 is 2.42 bits per heavy atom. The molecule has 1 aliphatic rings. The van der Waals surface area contributed by atoms with Crippen LogP contribution in [0.1, 0.15) is 13.3 Å². The molecule has 1 fully saturated rings. The van der Waals surface area contributed by atoms with E-state index in [0.29, 0.717) is 13.0 Å². The predicted molar refractivity (Wildman–Crippen MR) is 41.4 cm³/mol. The largest absolute Gasteiger partial charge is 0.480 e. The number of carbonyl (C=O) groups excluding carboxylic acids is 1. The SMILES string of the molecule is C[C@H](C(=O)O)N1CC[C@H](N)C1=O. The van der Waals surface area contributed by atoms with Gasteiger partial charge in [0.1, 0.15) is 6.04 Å². The van der Waals surface area contributed by atoms with Gasteiger partial charge in [0.05, 0.1) is 6.04 Å². The van der Waals surface area contributed by atoms with Gasteiger partial charge in [0.25, 0.3) is 0 Å². The molecule has 0 aromatic rings. The Morgan fingerprint density at radius 3 is 2.75 bits per heavy atom. The maximum absolute atomic E-state index is 11.2. The molecule has 0 saturated carbocycles. The first-order valence-electron chi connectivity index (χ1n) is 3.83. The quantitative estimate of drug-likeness (QED) is 0.560. The summed E-state index contributed by atoms with van der Waals surface area (Å²) in [5.41, 5.74) is 5.42. The van der Waals surface area contributed by atoms with E-state index in [-0.39, 0.29) is 5.91 Å². The van der Waals surface area contributed by atoms with Crippen LogP contribution in [0.25, 0.3) is 0 Å². The highest BCUT2D eigenvalue weighted by Crippen LogP contribution is 2.12. The summed E-state index contributed by atoms with van der Waals surface area (Å²) in [5.74, 6) is -1.25. The molecule has 0 unspecified atom stereocenters. The van der Waals surface area contributed by atoms with Crippen LogP contribution in [0.3, 0.4) is 0 Å². The third kappa shape index (κ3) is 1.40. The minimum absolute atomic E-state index is 0.259. The summed E-state index contributed by atoms with van der Waals surface area (Å²) < 4.78 is 0. The third-order valence-corrected chi connectivity index (χ3v) is 2.11. The van der Waals surface area contributed by atoms with Gasteiger partial charge in [-0.05, 0) is 13.3 Å². The van der Waals surface area contributed by atoms with Crippen LogP contribution in [-0.4, -0.2) is 40.5 Å². The molecule has 0 aliphatic carbocycles. The number of hydrogen-bond acceptors (Lipinski definition) is 3. The van der Waals surface area contributed by atoms with Crippen molar-refractivity contribution in [2.24, 2.45) is 5.73 Å². The summed E-state index contributed by atoms with van der Waals surface area (Å²) in [7, 11) is 0. The van der Waals surface area contributed by atoms with Gasteiger partial charge < -0.3 is 15.7 Å². The van der Waals surface area contributed by atoms with Gasteiger partial charge in [-0.1, -0.05) is 0 Å². The van der Waals surface area contributed by atoms with Crippen molar-refractivity contribution in [2.75, 3.05) is 6.54 Å². The third-order valence-electron chi connectivity index (χ3n) is 2.11. The van der Waals surface area contributed by atoms with Gasteiger partial charge in [0.15, 0.2) is 0 Å². The van der Waals surface area contributed by atoms with E-state index >= 15 is 0 Å². The number of likely N-dealkylation sites (tertiary alicyclic amines) is 1. The zero-order chi connectivity index (χ0) is 9.30. The Balaban J connectivity index is 2.65. The minimum Gasteiger partial charge on any atom is -0.480 e. The van der Waals surface area contributed by atoms with Crippen molar-refractivity contribution in [3.8, 4) is 0 Å². The highest BCUT2D eigenvalue weighted by atomic mass is 16.4. The highest BCUT2D eigenvalue weighted by Gasteiger charge is 2.34. The molecule has 5 heteroatoms. The Morgan fingerprint density at radius 1 is 1.83 bits per heavy atom. The normalized spacial score (nSPS) is 26.0. The standard InChI is InChI=1S/C7H12N2O3/c1-4(7(11)12)9-3-2-5(8)6(9)10/h4-5H,2-3,8H2,1H3,(H,11,12)/t4-,5+/m1/s1. The van der Waals surface area contributed by atoms with Crippen molar-refractivity contribution in [3.63, 3.8) is 0 Å². The second-order valence-electron chi connectivity index (χ2n) is 2.94. The van der Waals surface area contributed by atoms with Gasteiger partial charge in [-0.3, -0.25) is 4.79 Å². The molecule has 2 atom stereocenters. The Hall–Kier alpha value is -1.10. The Bertz CT molecular complexity index is 217. The number of nitrogens with zero attached hydrogens (tertiary/aromatic N) is 1. The van der Waals surface area contributed by atoms with E-state index in [1.54, 1.807) is 0 Å². The number of carboxylic acid groups (broad SMARTS) is 1. The van der Waals surface area contributed by atoms with Gasteiger partial charge in [-0.25, -0.2) is 4.79 Å². The first kappa shape index (κ1) is 8.99. The molecule has 0 radical (unpaired) electrons. The Labute approximate surface area is 70.1 Å². The van der Waals surface area contributed by atoms with Crippen molar-refractivity contribution in [1.82, 2.24) is 4.90 Å². The van der Waals surface area contributed by atoms with Crippen LogP contribution in [0.15, 0.2) is 0 Å². The van der Waals surface area contributed by atoms with Crippen LogP contribution in [0, 0.1) is 0 Å². The maximum Gasteiger partial charge on any atom is 0.326 e. The molecule has 1 heterocycles. The van der Waals surface area contributed by atoms with Gasteiger partial charge in [0, 0.05) is 6.54 Å². The van der Waals surface area contributed by atoms with E-state index in [4.69, 9.17) is 10.8 Å². The molecule has 1 aliphatic heterocycles. The van der Waals surface area contributed by atoms with E-state index in [2.05, 4.69) is 0 Å². The summed E-state index contributed by atoms with van der Waals surface area (Å²) in [6, 6.07) is -1.27. The molecular weight excluding hydrogens is 160 g/mol. The molecule has 3 N–H and O–H groups in total. The number of nitrogens with two attached hydrogens (primary N) is 1. The fourth-order valence-corrected chi connectivity index (χ4v) is 1.24. The van der Waals surface area contributed by atoms with E-state index in [1.165, 1.54) is 11.8 Å². The smallest absolute Gasteiger partial charge is 0.326 e. The lowest BCUT2D eigenvalue weighted by molar-refractivity contribution is -0.147. The minimum atomic E-state index is -0.988. The summed E-state index contributed by atoms with van der Waals surface area (Å²) >= 11 is 0. The van der Waals surface area contributed by atoms with Crippen LogP contribution < -0.4 is 5.73 Å². The molecule has 5 nitrogen and oxygen atoms in total. The van der Waals surface area contributed by atoms with Crippen LogP contribution >= 0.6 is 0 Å². The predicted octanol–water partition coefficient (Wildman–Crippen LogP) is -0.981. The first-order valence-corrected chi connectivity index (χ1v) is 3.83. The zero-order valence-electron chi connectivity index (χ0n) is 6.86. The lowest BCUT2D eigenvalue weighted by Crippen LogP contribution is -2.43. The average Bonchev–Trinajstić information content (AvgIpc) is 2.32. The molecule has 1 saturated heterocycles. The van der Waals surface area contributed by atoms with E-state index in [9.17, 15) is 9.59 Å². The van der Waals surface area contributed by atoms with Crippen molar-refractivity contribution in [2.45, 2.75) is 25.4 Å². The average molecular weight is 172 g/mol. The van der Waals surface area contributed by atoms with Gasteiger partial charge in [-0.15, -0.1) is 0 Å². The molecule has 0 aromatic heterocycles. The van der Waals surface area contributed by atoms with Crippen molar-refractivity contribution >= 4 is 11.9 Å². The second kappa shape index (κ2) is 3.10. The molecule has 1 amide bonds. The number of aliphatic carboxylic acids is 1. The number of hydrogen-bond donors (Lipinski definition) is 2. The van der Waals surface area contributed by atoms with E-state index < -0.39 is 18.1 Å². The molecule has 0 spiro atoms. The summed E-state index contributed by atoms with van der Waals surface area (Å²) in [6.45, 7) is 1.94. The van der Waals surface area contributed by atoms with Crippen molar-refractivity contribution in [3.05, 3.63) is 0 Å². The first-order chi connectivity index (χ1) is 5.54. The molecule has 68 valence electrons. The van der Waals surface area contributed by atoms with Gasteiger partial charge in [-0.2, -0.15) is 0 Å². The summed E-state index contributed by atoms with van der Waals surface area (Å²) in [6.07, 6.45) is 0.552. The van der Waals surface area contributed by atoms with Gasteiger partial charge >= 0.3 is 5.97 Å². The van der Waals surface area contributed by atoms with E-state index in [0.717, 1.165) is 0 Å². The zero-order valence-corrected chi connectivity index (χ0v) is 6.86. The molecule has 0 aromatic carbocycles. The number of rotatable bonds is 2. The molecular formula is C7H12N2O3. The van der Waals surface area contributed by atoms with Crippen LogP contribution in [-0.2, 0) is 9.59 Å². The molecule has 1 rings (SSSR count). The number of carbonyl (C=O) groups is 2. The van der Waals surface area contributed by atoms with Crippen LogP contribution in [0.4, 0.5) is 0 Å². The molecule has 0 bridgehead atoms. The van der Waals surface area contributed by atoms with Crippen molar-refractivity contribution in [1.29, 1.82) is 0 Å². The molecule has 12 heavy (non-hydrogen) atoms. The van der Waals surface area contributed by atoms with Gasteiger partial charge in [0.2, 0.25) is 5.91 Å². The lowest BCUT2D eigenvalue weighted by Gasteiger charge is -2.20. The maximum atomic E-state index is 11.2. The summed E-state index contributed by atoms with van der Waals surface area (Å²) in [5, 5.41) is 8.61. The monoisotopic (exact) mass is 172 g/mol. The van der Waals surface area contributed by atoms with E-state index in [1.807, 2.05) is 0 Å². The van der Waals surface area contributed by atoms with Crippen molar-refractivity contribution < 1.29 is 14.7 Å². The highest BCUT2D eigenvalue weighted by molar-refractivity contribution is 5.88.